The number of fused-ring (bicyclic) bond motifs is 2. The molecule has 1 N–H and O–H groups in total. The van der Waals surface area contributed by atoms with Crippen molar-refractivity contribution in [2.45, 2.75) is 25.5 Å². The van der Waals surface area contributed by atoms with E-state index in [1.54, 1.807) is 43.5 Å². The number of amides is 1. The molecule has 3 heterocycles. The van der Waals surface area contributed by atoms with Crippen molar-refractivity contribution in [1.29, 1.82) is 0 Å². The quantitative estimate of drug-likeness (QED) is 0.129. The van der Waals surface area contributed by atoms with Gasteiger partial charge in [0.15, 0.2) is 5.13 Å². The van der Waals surface area contributed by atoms with Crippen molar-refractivity contribution >= 4 is 44.1 Å². The van der Waals surface area contributed by atoms with Crippen molar-refractivity contribution in [3.8, 4) is 23.0 Å². The number of carbonyl (C=O) groups is 2. The number of aliphatic hydroxyl groups is 1. The van der Waals surface area contributed by atoms with E-state index in [1.165, 1.54) is 16.2 Å². The molecule has 0 spiro atoms. The highest BCUT2D eigenvalue weighted by atomic mass is 32.1. The molecule has 2 atom stereocenters. The van der Waals surface area contributed by atoms with Crippen LogP contribution >= 0.6 is 11.3 Å². The first-order chi connectivity index (χ1) is 20.9. The largest absolute Gasteiger partial charge is 0.507 e. The average Bonchev–Trinajstić information content (AvgIpc) is 3.69. The van der Waals surface area contributed by atoms with Gasteiger partial charge in [0, 0.05) is 12.0 Å². The van der Waals surface area contributed by atoms with Gasteiger partial charge < -0.3 is 19.3 Å². The molecule has 0 radical (unpaired) electrons. The number of anilines is 1. The standard InChI is InChI=1S/C34H26N2O6S/c1-19-15-22-16-21(11-14-27(22)41-19)31(37)29-30(20-7-6-10-25(17-20)42-23-8-4-3-5-9-23)36(33(39)32(29)38)34-35-26-13-12-24(40-2)18-28(26)43-34/h3-14,16-19,30,37H,15H2,1-2H3/b31-29+/t19-,30+/m0/s1. The van der Waals surface area contributed by atoms with Gasteiger partial charge in [-0.25, -0.2) is 4.98 Å². The maximum Gasteiger partial charge on any atom is 0.301 e. The summed E-state index contributed by atoms with van der Waals surface area (Å²) in [5.74, 6) is 0.739. The summed E-state index contributed by atoms with van der Waals surface area (Å²) >= 11 is 1.27. The number of aromatic nitrogens is 1. The molecule has 1 fully saturated rings. The molecule has 214 valence electrons. The van der Waals surface area contributed by atoms with Crippen LogP contribution in [-0.4, -0.2) is 35.0 Å². The number of ether oxygens (including phenoxy) is 3. The number of hydrogen-bond donors (Lipinski definition) is 1. The second-order valence-electron chi connectivity index (χ2n) is 10.4. The van der Waals surface area contributed by atoms with Gasteiger partial charge in [-0.15, -0.1) is 0 Å². The van der Waals surface area contributed by atoms with Crippen molar-refractivity contribution in [1.82, 2.24) is 4.98 Å². The summed E-state index contributed by atoms with van der Waals surface area (Å²) in [6.45, 7) is 1.98. The van der Waals surface area contributed by atoms with E-state index in [-0.39, 0.29) is 17.4 Å². The van der Waals surface area contributed by atoms with Gasteiger partial charge in [0.2, 0.25) is 0 Å². The zero-order chi connectivity index (χ0) is 29.7. The third-order valence-electron chi connectivity index (χ3n) is 7.56. The molecule has 9 heteroatoms. The van der Waals surface area contributed by atoms with Gasteiger partial charge in [-0.3, -0.25) is 14.5 Å². The van der Waals surface area contributed by atoms with E-state index in [1.807, 2.05) is 61.5 Å². The van der Waals surface area contributed by atoms with Crippen LogP contribution in [0.5, 0.6) is 23.0 Å². The first-order valence-corrected chi connectivity index (χ1v) is 14.6. The minimum atomic E-state index is -0.954. The average molecular weight is 591 g/mol. The van der Waals surface area contributed by atoms with Crippen molar-refractivity contribution < 1.29 is 28.9 Å². The molecule has 0 aliphatic carbocycles. The predicted octanol–water partition coefficient (Wildman–Crippen LogP) is 7.05. The van der Waals surface area contributed by atoms with Gasteiger partial charge in [0.25, 0.3) is 5.78 Å². The van der Waals surface area contributed by atoms with E-state index in [4.69, 9.17) is 19.2 Å². The number of carbonyl (C=O) groups excluding carboxylic acids is 2. The van der Waals surface area contributed by atoms with Gasteiger partial charge >= 0.3 is 5.91 Å². The molecule has 1 aromatic heterocycles. The second kappa shape index (κ2) is 10.6. The third kappa shape index (κ3) is 4.77. The first kappa shape index (κ1) is 26.7. The first-order valence-electron chi connectivity index (χ1n) is 13.8. The SMILES string of the molecule is COc1ccc2nc(N3C(=O)C(=O)/C(=C(/O)c4ccc5c(c4)C[C@H](C)O5)[C@H]3c3cccc(Oc4ccccc4)c3)sc2c1. The highest BCUT2D eigenvalue weighted by Gasteiger charge is 2.48. The molecular weight excluding hydrogens is 564 g/mol. The minimum Gasteiger partial charge on any atom is -0.507 e. The van der Waals surface area contributed by atoms with Crippen LogP contribution in [0.15, 0.2) is 96.6 Å². The summed E-state index contributed by atoms with van der Waals surface area (Å²) in [7, 11) is 1.58. The lowest BCUT2D eigenvalue weighted by atomic mass is 9.94. The molecule has 0 bridgehead atoms. The fourth-order valence-corrected chi connectivity index (χ4v) is 6.59. The van der Waals surface area contributed by atoms with E-state index in [9.17, 15) is 14.7 Å². The van der Waals surface area contributed by atoms with Gasteiger partial charge in [0.1, 0.15) is 34.9 Å². The molecule has 4 aromatic carbocycles. The van der Waals surface area contributed by atoms with E-state index in [0.717, 1.165) is 16.0 Å². The molecule has 8 nitrogen and oxygen atoms in total. The Morgan fingerprint density at radius 2 is 1.77 bits per heavy atom. The maximum atomic E-state index is 13.8. The van der Waals surface area contributed by atoms with Gasteiger partial charge in [0.05, 0.1) is 28.9 Å². The second-order valence-corrected chi connectivity index (χ2v) is 11.5. The molecule has 7 rings (SSSR count). The van der Waals surface area contributed by atoms with Crippen LogP contribution in [0.25, 0.3) is 16.0 Å². The molecule has 43 heavy (non-hydrogen) atoms. The lowest BCUT2D eigenvalue weighted by Crippen LogP contribution is -2.29. The minimum absolute atomic E-state index is 0.0167. The lowest BCUT2D eigenvalue weighted by molar-refractivity contribution is -0.132. The van der Waals surface area contributed by atoms with Gasteiger partial charge in [-0.1, -0.05) is 41.7 Å². The summed E-state index contributed by atoms with van der Waals surface area (Å²) in [5, 5.41) is 12.0. The zero-order valence-electron chi connectivity index (χ0n) is 23.3. The Balaban J connectivity index is 1.38. The van der Waals surface area contributed by atoms with Crippen molar-refractivity contribution in [3.05, 3.63) is 113 Å². The molecule has 1 amide bonds. The van der Waals surface area contributed by atoms with Crippen LogP contribution in [0.3, 0.4) is 0 Å². The number of nitrogens with zero attached hydrogens (tertiary/aromatic N) is 2. The topological polar surface area (TPSA) is 98.2 Å². The normalized spacial score (nSPS) is 19.0. The van der Waals surface area contributed by atoms with E-state index < -0.39 is 17.7 Å². The van der Waals surface area contributed by atoms with Crippen molar-refractivity contribution in [2.75, 3.05) is 12.0 Å². The molecule has 2 aliphatic heterocycles. The highest BCUT2D eigenvalue weighted by Crippen LogP contribution is 2.46. The van der Waals surface area contributed by atoms with E-state index in [0.29, 0.717) is 45.4 Å². The summed E-state index contributed by atoms with van der Waals surface area (Å²) in [5.41, 5.74) is 2.59. The maximum absolute atomic E-state index is 13.8. The smallest absolute Gasteiger partial charge is 0.301 e. The monoisotopic (exact) mass is 590 g/mol. The summed E-state index contributed by atoms with van der Waals surface area (Å²) in [6, 6.07) is 26.3. The number of para-hydroxylation sites is 1. The molecule has 2 aliphatic rings. The summed E-state index contributed by atoms with van der Waals surface area (Å²) in [6.07, 6.45) is 0.699. The third-order valence-corrected chi connectivity index (χ3v) is 8.57. The molecule has 0 saturated carbocycles. The molecular formula is C34H26N2O6S. The van der Waals surface area contributed by atoms with Gasteiger partial charge in [-0.05, 0) is 78.7 Å². The van der Waals surface area contributed by atoms with Crippen LogP contribution in [-0.2, 0) is 16.0 Å². The fourth-order valence-electron chi connectivity index (χ4n) is 5.57. The van der Waals surface area contributed by atoms with Crippen LogP contribution in [0.2, 0.25) is 0 Å². The number of Topliss-reactive ketones (excluding diaryl/α,β-unsaturated/α-hetero) is 1. The highest BCUT2D eigenvalue weighted by molar-refractivity contribution is 7.22. The molecule has 0 unspecified atom stereocenters. The van der Waals surface area contributed by atoms with E-state index >= 15 is 0 Å². The zero-order valence-corrected chi connectivity index (χ0v) is 24.1. The summed E-state index contributed by atoms with van der Waals surface area (Å²) < 4.78 is 18.1. The van der Waals surface area contributed by atoms with Crippen LogP contribution in [0, 0.1) is 0 Å². The Bertz CT molecular complexity index is 1930. The molecule has 1 saturated heterocycles. The number of ketones is 1. The van der Waals surface area contributed by atoms with Crippen molar-refractivity contribution in [3.63, 3.8) is 0 Å². The van der Waals surface area contributed by atoms with Crippen LogP contribution in [0.1, 0.15) is 29.7 Å². The predicted molar refractivity (Wildman–Crippen MR) is 164 cm³/mol. The number of methoxy groups -OCH3 is 1. The number of rotatable bonds is 6. The fraction of sp³-hybridized carbons (Fsp3) is 0.147. The number of thiazole rings is 1. The number of benzene rings is 4. The Kier molecular flexibility index (Phi) is 6.59. The Hall–Kier alpha value is -5.15. The Morgan fingerprint density at radius 3 is 2.58 bits per heavy atom. The number of aliphatic hydroxyl groups excluding tert-OH is 1. The van der Waals surface area contributed by atoms with Crippen molar-refractivity contribution in [2.24, 2.45) is 0 Å². The van der Waals surface area contributed by atoms with Gasteiger partial charge in [-0.2, -0.15) is 0 Å². The summed E-state index contributed by atoms with van der Waals surface area (Å²) in [4.78, 5) is 33.6. The molecule has 5 aromatic rings. The lowest BCUT2D eigenvalue weighted by Gasteiger charge is -2.23. The Morgan fingerprint density at radius 1 is 0.953 bits per heavy atom. The van der Waals surface area contributed by atoms with Crippen LogP contribution in [0.4, 0.5) is 5.13 Å². The Labute approximate surface area is 251 Å². The van der Waals surface area contributed by atoms with E-state index in [2.05, 4.69) is 0 Å². The number of hydrogen-bond acceptors (Lipinski definition) is 8. The van der Waals surface area contributed by atoms with Crippen LogP contribution < -0.4 is 19.1 Å².